The zero-order valence-corrected chi connectivity index (χ0v) is 26.1. The van der Waals surface area contributed by atoms with Crippen molar-refractivity contribution in [1.29, 1.82) is 0 Å². The van der Waals surface area contributed by atoms with Crippen molar-refractivity contribution in [3.63, 3.8) is 0 Å². The first kappa shape index (κ1) is 32.3. The molecule has 220 valence electrons. The van der Waals surface area contributed by atoms with Crippen LogP contribution in [0.15, 0.2) is 82.6 Å². The number of sulfonamides is 1. The topological polar surface area (TPSA) is 96.0 Å². The highest BCUT2D eigenvalue weighted by atomic mass is 35.5. The van der Waals surface area contributed by atoms with Crippen LogP contribution in [0, 0.1) is 0 Å². The maximum absolute atomic E-state index is 14.1. The molecular formula is C30H36ClN3O5S2. The molecule has 41 heavy (non-hydrogen) atoms. The van der Waals surface area contributed by atoms with Crippen molar-refractivity contribution in [3.8, 4) is 5.75 Å². The van der Waals surface area contributed by atoms with E-state index < -0.39 is 28.5 Å². The van der Waals surface area contributed by atoms with Crippen LogP contribution in [-0.2, 0) is 26.2 Å². The molecule has 0 heterocycles. The fourth-order valence-electron chi connectivity index (χ4n) is 4.14. The van der Waals surface area contributed by atoms with Gasteiger partial charge in [0.25, 0.3) is 10.0 Å². The van der Waals surface area contributed by atoms with Crippen molar-refractivity contribution in [3.05, 3.63) is 83.4 Å². The number of anilines is 1. The Morgan fingerprint density at radius 3 is 2.37 bits per heavy atom. The zero-order chi connectivity index (χ0) is 30.0. The molecular weight excluding hydrogens is 582 g/mol. The van der Waals surface area contributed by atoms with Crippen LogP contribution in [0.3, 0.4) is 0 Å². The van der Waals surface area contributed by atoms with Crippen molar-refractivity contribution in [1.82, 2.24) is 10.2 Å². The van der Waals surface area contributed by atoms with E-state index in [4.69, 9.17) is 16.3 Å². The Labute approximate surface area is 252 Å². The Hall–Kier alpha value is -3.21. The number of ether oxygens (including phenoxy) is 1. The van der Waals surface area contributed by atoms with Crippen LogP contribution in [0.25, 0.3) is 0 Å². The van der Waals surface area contributed by atoms with Gasteiger partial charge in [-0.1, -0.05) is 42.8 Å². The number of hydrogen-bond acceptors (Lipinski definition) is 6. The van der Waals surface area contributed by atoms with Gasteiger partial charge in [-0.05, 0) is 80.6 Å². The average molecular weight is 618 g/mol. The normalized spacial score (nSPS) is 11.9. The van der Waals surface area contributed by atoms with Crippen molar-refractivity contribution in [2.45, 2.75) is 49.6 Å². The lowest BCUT2D eigenvalue weighted by Gasteiger charge is -2.32. The highest BCUT2D eigenvalue weighted by molar-refractivity contribution is 7.98. The monoisotopic (exact) mass is 617 g/mol. The average Bonchev–Trinajstić information content (AvgIpc) is 2.97. The fourth-order valence-corrected chi connectivity index (χ4v) is 6.19. The predicted octanol–water partition coefficient (Wildman–Crippen LogP) is 5.60. The summed E-state index contributed by atoms with van der Waals surface area (Å²) >= 11 is 7.69. The first-order valence-electron chi connectivity index (χ1n) is 13.3. The van der Waals surface area contributed by atoms with Gasteiger partial charge in [-0.25, -0.2) is 8.42 Å². The molecule has 1 atom stereocenters. The smallest absolute Gasteiger partial charge is 0.264 e. The SMILES string of the molecule is CCCNC(=O)[C@@H](C)N(Cc1cccc(Cl)c1)C(=O)CN(c1ccccc1OCC)S(=O)(=O)c1ccc(SC)cc1. The highest BCUT2D eigenvalue weighted by Gasteiger charge is 2.33. The van der Waals surface area contributed by atoms with Crippen LogP contribution < -0.4 is 14.4 Å². The van der Waals surface area contributed by atoms with Gasteiger partial charge in [0.1, 0.15) is 18.3 Å². The molecule has 0 unspecified atom stereocenters. The van der Waals surface area contributed by atoms with Gasteiger partial charge < -0.3 is 15.0 Å². The third-order valence-electron chi connectivity index (χ3n) is 6.32. The molecule has 3 aromatic carbocycles. The quantitative estimate of drug-likeness (QED) is 0.237. The minimum atomic E-state index is -4.21. The summed E-state index contributed by atoms with van der Waals surface area (Å²) in [5.74, 6) is -0.569. The summed E-state index contributed by atoms with van der Waals surface area (Å²) in [6, 6.07) is 19.3. The second kappa shape index (κ2) is 15.1. The van der Waals surface area contributed by atoms with Gasteiger partial charge in [0.2, 0.25) is 11.8 Å². The molecule has 0 aliphatic rings. The molecule has 0 fully saturated rings. The number of carbonyl (C=O) groups is 2. The lowest BCUT2D eigenvalue weighted by molar-refractivity contribution is -0.139. The number of nitrogens with zero attached hydrogens (tertiary/aromatic N) is 2. The number of hydrogen-bond donors (Lipinski definition) is 1. The summed E-state index contributed by atoms with van der Waals surface area (Å²) in [6.07, 6.45) is 2.63. The molecule has 3 aromatic rings. The number of carbonyl (C=O) groups excluding carboxylic acids is 2. The van der Waals surface area contributed by atoms with Gasteiger partial charge in [-0.15, -0.1) is 11.8 Å². The Morgan fingerprint density at radius 2 is 1.73 bits per heavy atom. The van der Waals surface area contributed by atoms with E-state index in [-0.39, 0.29) is 23.0 Å². The zero-order valence-electron chi connectivity index (χ0n) is 23.7. The summed E-state index contributed by atoms with van der Waals surface area (Å²) in [6.45, 7) is 5.62. The van der Waals surface area contributed by atoms with E-state index in [1.807, 2.05) is 13.2 Å². The van der Waals surface area contributed by atoms with E-state index in [1.54, 1.807) is 74.5 Å². The largest absolute Gasteiger partial charge is 0.492 e. The Morgan fingerprint density at radius 1 is 1.02 bits per heavy atom. The number of halogens is 1. The maximum atomic E-state index is 14.1. The summed E-state index contributed by atoms with van der Waals surface area (Å²) < 4.78 is 35.0. The predicted molar refractivity (Wildman–Crippen MR) is 165 cm³/mol. The molecule has 0 aliphatic carbocycles. The fraction of sp³-hybridized carbons (Fsp3) is 0.333. The van der Waals surface area contributed by atoms with Gasteiger partial charge in [0.15, 0.2) is 0 Å². The number of nitrogens with one attached hydrogen (secondary N) is 1. The second-order valence-electron chi connectivity index (χ2n) is 9.21. The molecule has 2 amide bonds. The minimum absolute atomic E-state index is 0.0320. The van der Waals surface area contributed by atoms with Crippen LogP contribution >= 0.6 is 23.4 Å². The number of rotatable bonds is 14. The summed E-state index contributed by atoms with van der Waals surface area (Å²) in [5.41, 5.74) is 0.931. The van der Waals surface area contributed by atoms with E-state index in [2.05, 4.69) is 5.32 Å². The van der Waals surface area contributed by atoms with Crippen LogP contribution in [0.4, 0.5) is 5.69 Å². The number of thioether (sulfide) groups is 1. The van der Waals surface area contributed by atoms with E-state index in [0.717, 1.165) is 15.6 Å². The second-order valence-corrected chi connectivity index (χ2v) is 12.4. The highest BCUT2D eigenvalue weighted by Crippen LogP contribution is 2.33. The minimum Gasteiger partial charge on any atom is -0.492 e. The molecule has 0 aromatic heterocycles. The van der Waals surface area contributed by atoms with Gasteiger partial charge in [-0.2, -0.15) is 0 Å². The molecule has 0 saturated heterocycles. The van der Waals surface area contributed by atoms with Crippen LogP contribution in [0.1, 0.15) is 32.8 Å². The third kappa shape index (κ3) is 8.40. The van der Waals surface area contributed by atoms with Gasteiger partial charge in [-0.3, -0.25) is 13.9 Å². The lowest BCUT2D eigenvalue weighted by Crippen LogP contribution is -2.51. The van der Waals surface area contributed by atoms with Crippen molar-refractivity contribution >= 4 is 50.9 Å². The molecule has 11 heteroatoms. The van der Waals surface area contributed by atoms with Crippen molar-refractivity contribution < 1.29 is 22.7 Å². The standard InChI is InChI=1S/C30H36ClN3O5S2/c1-5-18-32-30(36)22(3)33(20-23-10-9-11-24(31)19-23)29(35)21-34(27-12-7-8-13-28(27)39-6-2)41(37,38)26-16-14-25(40-4)15-17-26/h7-17,19,22H,5-6,18,20-21H2,1-4H3,(H,32,36)/t22-/m1/s1. The van der Waals surface area contributed by atoms with E-state index in [0.29, 0.717) is 29.5 Å². The molecule has 0 saturated carbocycles. The molecule has 0 bridgehead atoms. The van der Waals surface area contributed by atoms with Crippen LogP contribution in [0.2, 0.25) is 5.02 Å². The summed E-state index contributed by atoms with van der Waals surface area (Å²) in [7, 11) is -4.21. The summed E-state index contributed by atoms with van der Waals surface area (Å²) in [5, 5.41) is 3.32. The van der Waals surface area contributed by atoms with Crippen molar-refractivity contribution in [2.24, 2.45) is 0 Å². The first-order chi connectivity index (χ1) is 19.6. The molecule has 8 nitrogen and oxygen atoms in total. The summed E-state index contributed by atoms with van der Waals surface area (Å²) in [4.78, 5) is 29.4. The van der Waals surface area contributed by atoms with E-state index in [1.165, 1.54) is 28.8 Å². The molecule has 0 aliphatic heterocycles. The van der Waals surface area contributed by atoms with Crippen molar-refractivity contribution in [2.75, 3.05) is 30.3 Å². The molecule has 1 N–H and O–H groups in total. The van der Waals surface area contributed by atoms with Gasteiger partial charge in [0.05, 0.1) is 17.2 Å². The Bertz CT molecular complexity index is 1430. The third-order valence-corrected chi connectivity index (χ3v) is 9.07. The van der Waals surface area contributed by atoms with E-state index in [9.17, 15) is 18.0 Å². The van der Waals surface area contributed by atoms with Crippen LogP contribution in [0.5, 0.6) is 5.75 Å². The number of para-hydroxylation sites is 2. The molecule has 0 radical (unpaired) electrons. The Balaban J connectivity index is 2.07. The molecule has 0 spiro atoms. The Kier molecular flexibility index (Phi) is 11.9. The number of benzene rings is 3. The maximum Gasteiger partial charge on any atom is 0.264 e. The number of amides is 2. The van der Waals surface area contributed by atoms with E-state index >= 15 is 0 Å². The molecule has 3 rings (SSSR count). The first-order valence-corrected chi connectivity index (χ1v) is 16.4. The van der Waals surface area contributed by atoms with Crippen LogP contribution in [-0.4, -0.2) is 57.1 Å². The lowest BCUT2D eigenvalue weighted by atomic mass is 10.1. The van der Waals surface area contributed by atoms with Gasteiger partial charge >= 0.3 is 0 Å². The van der Waals surface area contributed by atoms with Gasteiger partial charge in [0, 0.05) is 23.0 Å².